The maximum Gasteiger partial charge on any atom is 0.573 e. The molecule has 2 N–H and O–H groups in total. The Labute approximate surface area is 126 Å². The lowest BCUT2D eigenvalue weighted by Crippen LogP contribution is -2.18. The first-order valence-electron chi connectivity index (χ1n) is 5.69. The van der Waals surface area contributed by atoms with Crippen LogP contribution in [-0.4, -0.2) is 23.4 Å². The van der Waals surface area contributed by atoms with Gasteiger partial charge in [0.2, 0.25) is 0 Å². The van der Waals surface area contributed by atoms with Gasteiger partial charge in [0.1, 0.15) is 5.82 Å². The van der Waals surface area contributed by atoms with Gasteiger partial charge in [0.05, 0.1) is 18.1 Å². The van der Waals surface area contributed by atoms with Gasteiger partial charge in [-0.25, -0.2) is 4.98 Å². The molecule has 0 saturated heterocycles. The van der Waals surface area contributed by atoms with Gasteiger partial charge in [0.15, 0.2) is 11.6 Å². The van der Waals surface area contributed by atoms with Crippen LogP contribution in [0.25, 0.3) is 0 Å². The van der Waals surface area contributed by atoms with Crippen molar-refractivity contribution in [3.63, 3.8) is 0 Å². The summed E-state index contributed by atoms with van der Waals surface area (Å²) in [4.78, 5) is 8.03. The summed E-state index contributed by atoms with van der Waals surface area (Å²) in [6.45, 7) is 0. The topological polar surface area (TPSA) is 59.1 Å². The Hall–Kier alpha value is -2.03. The highest BCUT2D eigenvalue weighted by Crippen LogP contribution is 2.34. The molecule has 1 heterocycles. The molecule has 0 spiro atoms. The molecule has 0 bridgehead atoms. The van der Waals surface area contributed by atoms with Crippen LogP contribution >= 0.6 is 15.9 Å². The van der Waals surface area contributed by atoms with Crippen LogP contribution in [-0.2, 0) is 0 Å². The number of rotatable bonds is 4. The first-order chi connectivity index (χ1) is 9.87. The van der Waals surface area contributed by atoms with Crippen molar-refractivity contribution < 1.29 is 17.9 Å². The van der Waals surface area contributed by atoms with Gasteiger partial charge in [-0.2, -0.15) is 0 Å². The number of benzene rings is 1. The maximum atomic E-state index is 12.4. The summed E-state index contributed by atoms with van der Waals surface area (Å²) in [7, 11) is 1.66. The molecule has 2 rings (SSSR count). The zero-order valence-corrected chi connectivity index (χ0v) is 12.3. The second-order valence-corrected chi connectivity index (χ2v) is 4.77. The van der Waals surface area contributed by atoms with Crippen LogP contribution in [0.3, 0.4) is 0 Å². The van der Waals surface area contributed by atoms with E-state index in [0.717, 1.165) is 0 Å². The average Bonchev–Trinajstić information content (AvgIpc) is 2.40. The van der Waals surface area contributed by atoms with Crippen LogP contribution in [0.4, 0.5) is 30.5 Å². The number of alkyl halides is 3. The van der Waals surface area contributed by atoms with E-state index in [1.54, 1.807) is 13.1 Å². The van der Waals surface area contributed by atoms with E-state index >= 15 is 0 Å². The standard InChI is InChI=1S/C12H10BrF3N4O/c1-17-10-5-18-6-11(20-10)19-8-3-2-7(13)4-9(8)21-12(14,15)16/h2-6H,1H3,(H2,17,19,20). The molecule has 0 saturated carbocycles. The third-order valence-corrected chi connectivity index (χ3v) is 2.82. The minimum absolute atomic E-state index is 0.123. The van der Waals surface area contributed by atoms with Crippen LogP contribution in [0.5, 0.6) is 5.75 Å². The van der Waals surface area contributed by atoms with Crippen LogP contribution in [0.15, 0.2) is 35.1 Å². The Balaban J connectivity index is 2.30. The fourth-order valence-corrected chi connectivity index (χ4v) is 1.83. The molecule has 0 aliphatic heterocycles. The van der Waals surface area contributed by atoms with Crippen molar-refractivity contribution in [1.29, 1.82) is 0 Å². The fraction of sp³-hybridized carbons (Fsp3) is 0.167. The van der Waals surface area contributed by atoms with Crippen LogP contribution in [0.1, 0.15) is 0 Å². The zero-order chi connectivity index (χ0) is 15.5. The number of nitrogens with one attached hydrogen (secondary N) is 2. The lowest BCUT2D eigenvalue weighted by molar-refractivity contribution is -0.274. The van der Waals surface area contributed by atoms with Gasteiger partial charge in [-0.1, -0.05) is 15.9 Å². The molecule has 9 heteroatoms. The van der Waals surface area contributed by atoms with Crippen LogP contribution in [0, 0.1) is 0 Å². The molecule has 0 atom stereocenters. The molecule has 0 aliphatic carbocycles. The molecule has 2 aromatic rings. The Morgan fingerprint density at radius 1 is 1.19 bits per heavy atom. The zero-order valence-electron chi connectivity index (χ0n) is 10.7. The molecule has 0 fully saturated rings. The molecule has 0 amide bonds. The summed E-state index contributed by atoms with van der Waals surface area (Å²) in [6.07, 6.45) is -1.91. The summed E-state index contributed by atoms with van der Waals surface area (Å²) in [5.74, 6) is 0.403. The van der Waals surface area contributed by atoms with Gasteiger partial charge >= 0.3 is 6.36 Å². The number of anilines is 3. The number of hydrogen-bond donors (Lipinski definition) is 2. The summed E-state index contributed by atoms with van der Waals surface area (Å²) < 4.78 is 41.7. The largest absolute Gasteiger partial charge is 0.573 e. The van der Waals surface area contributed by atoms with E-state index in [4.69, 9.17) is 0 Å². The number of aromatic nitrogens is 2. The third-order valence-electron chi connectivity index (χ3n) is 2.32. The van der Waals surface area contributed by atoms with E-state index in [1.165, 1.54) is 24.5 Å². The van der Waals surface area contributed by atoms with Crippen molar-refractivity contribution >= 4 is 33.3 Å². The second-order valence-electron chi connectivity index (χ2n) is 3.85. The van der Waals surface area contributed by atoms with E-state index < -0.39 is 6.36 Å². The lowest BCUT2D eigenvalue weighted by atomic mass is 10.3. The maximum absolute atomic E-state index is 12.4. The van der Waals surface area contributed by atoms with Crippen LogP contribution < -0.4 is 15.4 Å². The monoisotopic (exact) mass is 362 g/mol. The van der Waals surface area contributed by atoms with E-state index in [2.05, 4.69) is 41.3 Å². The van der Waals surface area contributed by atoms with Gasteiger partial charge in [0, 0.05) is 11.5 Å². The summed E-state index contributed by atoms with van der Waals surface area (Å²) >= 11 is 3.10. The van der Waals surface area contributed by atoms with Gasteiger partial charge in [-0.3, -0.25) is 4.98 Å². The Morgan fingerprint density at radius 3 is 2.57 bits per heavy atom. The molecular weight excluding hydrogens is 353 g/mol. The molecule has 5 nitrogen and oxygen atoms in total. The van der Waals surface area contributed by atoms with E-state index in [9.17, 15) is 13.2 Å². The van der Waals surface area contributed by atoms with Crippen molar-refractivity contribution in [3.8, 4) is 5.75 Å². The minimum atomic E-state index is -4.78. The molecule has 0 radical (unpaired) electrons. The van der Waals surface area contributed by atoms with Crippen molar-refractivity contribution in [1.82, 2.24) is 9.97 Å². The van der Waals surface area contributed by atoms with E-state index in [-0.39, 0.29) is 17.3 Å². The number of nitrogens with zero attached hydrogens (tertiary/aromatic N) is 2. The highest BCUT2D eigenvalue weighted by molar-refractivity contribution is 9.10. The molecule has 112 valence electrons. The molecule has 0 unspecified atom stereocenters. The first kappa shape index (κ1) is 15.4. The first-order valence-corrected chi connectivity index (χ1v) is 6.49. The van der Waals surface area contributed by atoms with Gasteiger partial charge in [-0.05, 0) is 18.2 Å². The molecular formula is C12H10BrF3N4O. The quantitative estimate of drug-likeness (QED) is 0.862. The predicted molar refractivity (Wildman–Crippen MR) is 75.7 cm³/mol. The lowest BCUT2D eigenvalue weighted by Gasteiger charge is -2.14. The summed E-state index contributed by atoms with van der Waals surface area (Å²) in [5.41, 5.74) is 0.123. The van der Waals surface area contributed by atoms with Gasteiger partial charge in [0.25, 0.3) is 0 Å². The SMILES string of the molecule is CNc1cncc(Nc2ccc(Br)cc2OC(F)(F)F)n1. The summed E-state index contributed by atoms with van der Waals surface area (Å²) in [6, 6.07) is 4.24. The number of ether oxygens (including phenoxy) is 1. The van der Waals surface area contributed by atoms with E-state index in [0.29, 0.717) is 10.3 Å². The second kappa shape index (κ2) is 6.17. The van der Waals surface area contributed by atoms with Crippen molar-refractivity contribution in [3.05, 3.63) is 35.1 Å². The Morgan fingerprint density at radius 2 is 1.90 bits per heavy atom. The average molecular weight is 363 g/mol. The predicted octanol–water partition coefficient (Wildman–Crippen LogP) is 3.92. The van der Waals surface area contributed by atoms with Crippen molar-refractivity contribution in [2.24, 2.45) is 0 Å². The smallest absolute Gasteiger partial charge is 0.404 e. The van der Waals surface area contributed by atoms with Gasteiger partial charge in [-0.15, -0.1) is 13.2 Å². The minimum Gasteiger partial charge on any atom is -0.404 e. The fourth-order valence-electron chi connectivity index (χ4n) is 1.49. The van der Waals surface area contributed by atoms with Crippen LogP contribution in [0.2, 0.25) is 0 Å². The highest BCUT2D eigenvalue weighted by atomic mass is 79.9. The van der Waals surface area contributed by atoms with Crippen molar-refractivity contribution in [2.75, 3.05) is 17.7 Å². The molecule has 0 aliphatic rings. The third kappa shape index (κ3) is 4.48. The highest BCUT2D eigenvalue weighted by Gasteiger charge is 2.32. The molecule has 1 aromatic carbocycles. The normalized spacial score (nSPS) is 11.1. The van der Waals surface area contributed by atoms with Gasteiger partial charge < -0.3 is 15.4 Å². The molecule has 21 heavy (non-hydrogen) atoms. The number of hydrogen-bond acceptors (Lipinski definition) is 5. The Bertz CT molecular complexity index is 636. The van der Waals surface area contributed by atoms with E-state index in [1.807, 2.05) is 0 Å². The Kier molecular flexibility index (Phi) is 4.51. The van der Waals surface area contributed by atoms with Crippen molar-refractivity contribution in [2.45, 2.75) is 6.36 Å². The number of halogens is 4. The molecule has 1 aromatic heterocycles. The summed E-state index contributed by atoms with van der Waals surface area (Å²) in [5, 5.41) is 5.52.